The molecule has 3 unspecified atom stereocenters. The Labute approximate surface area is 166 Å². The van der Waals surface area contributed by atoms with Gasteiger partial charge in [0.1, 0.15) is 0 Å². The number of nitrogens with zero attached hydrogens (tertiary/aromatic N) is 1. The average Bonchev–Trinajstić information content (AvgIpc) is 3.32. The highest BCUT2D eigenvalue weighted by atomic mass is 32.2. The Bertz CT molecular complexity index is 988. The van der Waals surface area contributed by atoms with Crippen LogP contribution < -0.4 is 4.72 Å². The third kappa shape index (κ3) is 3.98. The number of hydrogen-bond donors (Lipinski definition) is 1. The minimum Gasteiger partial charge on any atom is -0.341 e. The zero-order chi connectivity index (χ0) is 19.9. The monoisotopic (exact) mass is 398 g/mol. The van der Waals surface area contributed by atoms with Crippen molar-refractivity contribution in [2.75, 3.05) is 19.3 Å². The quantitative estimate of drug-likeness (QED) is 0.842. The van der Waals surface area contributed by atoms with E-state index >= 15 is 0 Å². The van der Waals surface area contributed by atoms with Gasteiger partial charge in [-0.3, -0.25) is 4.79 Å². The van der Waals surface area contributed by atoms with E-state index in [9.17, 15) is 13.2 Å². The summed E-state index contributed by atoms with van der Waals surface area (Å²) in [5.41, 5.74) is 4.89. The summed E-state index contributed by atoms with van der Waals surface area (Å²) < 4.78 is 25.5. The molecule has 1 aliphatic carbocycles. The Balaban J connectivity index is 1.50. The molecular formula is C22H26N2O3S. The molecule has 2 aliphatic rings. The fourth-order valence-corrected chi connectivity index (χ4v) is 5.20. The zero-order valence-electron chi connectivity index (χ0n) is 16.3. The second kappa shape index (κ2) is 7.33. The van der Waals surface area contributed by atoms with E-state index in [2.05, 4.69) is 42.0 Å². The van der Waals surface area contributed by atoms with E-state index in [0.29, 0.717) is 19.5 Å². The molecule has 6 heteroatoms. The van der Waals surface area contributed by atoms with Gasteiger partial charge in [-0.25, -0.2) is 13.1 Å². The minimum absolute atomic E-state index is 0.00115. The summed E-state index contributed by atoms with van der Waals surface area (Å²) in [6.45, 7) is 3.20. The minimum atomic E-state index is -3.24. The molecule has 1 amide bonds. The molecule has 1 saturated carbocycles. The van der Waals surface area contributed by atoms with Crippen LogP contribution in [0.2, 0.25) is 0 Å². The first kappa shape index (κ1) is 19.2. The lowest BCUT2D eigenvalue weighted by Gasteiger charge is -2.18. The maximum atomic E-state index is 13.0. The largest absolute Gasteiger partial charge is 0.341 e. The lowest BCUT2D eigenvalue weighted by atomic mass is 9.92. The molecule has 2 aromatic rings. The molecule has 1 N–H and O–H groups in total. The van der Waals surface area contributed by atoms with Gasteiger partial charge in [0, 0.05) is 25.0 Å². The summed E-state index contributed by atoms with van der Waals surface area (Å²) in [4.78, 5) is 14.8. The van der Waals surface area contributed by atoms with Crippen molar-refractivity contribution in [3.63, 3.8) is 0 Å². The summed E-state index contributed by atoms with van der Waals surface area (Å²) in [5.74, 6) is 0.397. The van der Waals surface area contributed by atoms with Crippen LogP contribution in [0.4, 0.5) is 0 Å². The number of sulfonamides is 1. The number of hydrogen-bond acceptors (Lipinski definition) is 3. The highest BCUT2D eigenvalue weighted by Crippen LogP contribution is 2.52. The van der Waals surface area contributed by atoms with E-state index in [1.165, 1.54) is 22.3 Å². The van der Waals surface area contributed by atoms with Crippen molar-refractivity contribution in [3.8, 4) is 11.1 Å². The van der Waals surface area contributed by atoms with Gasteiger partial charge in [-0.2, -0.15) is 0 Å². The van der Waals surface area contributed by atoms with Gasteiger partial charge in [-0.05, 0) is 47.9 Å². The van der Waals surface area contributed by atoms with Gasteiger partial charge in [0.25, 0.3) is 0 Å². The molecule has 4 rings (SSSR count). The molecule has 0 spiro atoms. The van der Waals surface area contributed by atoms with Crippen molar-refractivity contribution >= 4 is 15.9 Å². The number of benzene rings is 2. The molecule has 0 aromatic heterocycles. The Morgan fingerprint density at radius 2 is 1.86 bits per heavy atom. The SMILES string of the molecule is Cc1cccc(C2CC2C(=O)N2CCC(NS(C)(=O)=O)C2)c1-c1ccccc1. The Kier molecular flexibility index (Phi) is 5.02. The smallest absolute Gasteiger partial charge is 0.226 e. The van der Waals surface area contributed by atoms with Gasteiger partial charge >= 0.3 is 0 Å². The Hall–Kier alpha value is -2.18. The lowest BCUT2D eigenvalue weighted by Crippen LogP contribution is -2.38. The summed E-state index contributed by atoms with van der Waals surface area (Å²) >= 11 is 0. The van der Waals surface area contributed by atoms with E-state index < -0.39 is 10.0 Å². The number of rotatable bonds is 5. The van der Waals surface area contributed by atoms with E-state index in [0.717, 1.165) is 12.7 Å². The maximum absolute atomic E-state index is 13.0. The molecule has 28 heavy (non-hydrogen) atoms. The summed E-state index contributed by atoms with van der Waals surface area (Å²) in [6.07, 6.45) is 2.70. The summed E-state index contributed by atoms with van der Waals surface area (Å²) in [6, 6.07) is 16.5. The third-order valence-corrected chi connectivity index (χ3v) is 6.52. The van der Waals surface area contributed by atoms with Crippen molar-refractivity contribution in [1.29, 1.82) is 0 Å². The number of carbonyl (C=O) groups is 1. The van der Waals surface area contributed by atoms with Crippen LogP contribution >= 0.6 is 0 Å². The van der Waals surface area contributed by atoms with E-state index in [4.69, 9.17) is 0 Å². The van der Waals surface area contributed by atoms with Gasteiger partial charge in [0.2, 0.25) is 15.9 Å². The van der Waals surface area contributed by atoms with Gasteiger partial charge in [-0.15, -0.1) is 0 Å². The second-order valence-corrected chi connectivity index (χ2v) is 9.79. The van der Waals surface area contributed by atoms with Crippen molar-refractivity contribution < 1.29 is 13.2 Å². The highest BCUT2D eigenvalue weighted by molar-refractivity contribution is 7.88. The normalized spacial score (nSPS) is 24.4. The van der Waals surface area contributed by atoms with Crippen molar-refractivity contribution in [2.45, 2.75) is 31.7 Å². The first-order chi connectivity index (χ1) is 13.3. The molecular weight excluding hydrogens is 372 g/mol. The maximum Gasteiger partial charge on any atom is 0.226 e. The van der Waals surface area contributed by atoms with E-state index in [1.807, 2.05) is 23.1 Å². The number of nitrogens with one attached hydrogen (secondary N) is 1. The number of amides is 1. The van der Waals surface area contributed by atoms with Crippen LogP contribution in [0.15, 0.2) is 48.5 Å². The molecule has 5 nitrogen and oxygen atoms in total. The predicted molar refractivity (Wildman–Crippen MR) is 110 cm³/mol. The highest BCUT2D eigenvalue weighted by Gasteiger charge is 2.47. The van der Waals surface area contributed by atoms with Crippen molar-refractivity contribution in [3.05, 3.63) is 59.7 Å². The summed E-state index contributed by atoms with van der Waals surface area (Å²) in [7, 11) is -3.24. The topological polar surface area (TPSA) is 66.5 Å². The molecule has 0 radical (unpaired) electrons. The zero-order valence-corrected chi connectivity index (χ0v) is 17.1. The van der Waals surface area contributed by atoms with Crippen molar-refractivity contribution in [2.24, 2.45) is 5.92 Å². The van der Waals surface area contributed by atoms with Crippen LogP contribution in [0.25, 0.3) is 11.1 Å². The number of aryl methyl sites for hydroxylation is 1. The Morgan fingerprint density at radius 3 is 2.57 bits per heavy atom. The molecule has 148 valence electrons. The van der Waals surface area contributed by atoms with Crippen molar-refractivity contribution in [1.82, 2.24) is 9.62 Å². The van der Waals surface area contributed by atoms with Gasteiger partial charge in [0.05, 0.1) is 6.26 Å². The predicted octanol–water partition coefficient (Wildman–Crippen LogP) is 2.92. The molecule has 1 heterocycles. The van der Waals surface area contributed by atoms with Gasteiger partial charge in [-0.1, -0.05) is 48.5 Å². The van der Waals surface area contributed by atoms with Gasteiger partial charge < -0.3 is 4.90 Å². The first-order valence-corrected chi connectivity index (χ1v) is 11.6. The second-order valence-electron chi connectivity index (χ2n) is 8.01. The third-order valence-electron chi connectivity index (χ3n) is 5.76. The lowest BCUT2D eigenvalue weighted by molar-refractivity contribution is -0.131. The molecule has 3 atom stereocenters. The van der Waals surface area contributed by atoms with Crippen LogP contribution in [0, 0.1) is 12.8 Å². The number of likely N-dealkylation sites (tertiary alicyclic amines) is 1. The fraction of sp³-hybridized carbons (Fsp3) is 0.409. The molecule has 1 saturated heterocycles. The van der Waals surface area contributed by atoms with Gasteiger partial charge in [0.15, 0.2) is 0 Å². The average molecular weight is 399 g/mol. The van der Waals surface area contributed by atoms with Crippen LogP contribution in [0.5, 0.6) is 0 Å². The van der Waals surface area contributed by atoms with Crippen LogP contribution in [-0.4, -0.2) is 44.6 Å². The van der Waals surface area contributed by atoms with Crippen LogP contribution in [0.3, 0.4) is 0 Å². The van der Waals surface area contributed by atoms with Crippen LogP contribution in [-0.2, 0) is 14.8 Å². The first-order valence-electron chi connectivity index (χ1n) is 9.74. The standard InChI is InChI=1S/C22H26N2O3S/c1-15-7-6-10-18(21(15)16-8-4-3-5-9-16)19-13-20(19)22(25)24-12-11-17(14-24)23-28(2,26)27/h3-10,17,19-20,23H,11-14H2,1-2H3. The molecule has 2 aromatic carbocycles. The van der Waals surface area contributed by atoms with E-state index in [-0.39, 0.29) is 23.8 Å². The molecule has 2 fully saturated rings. The molecule has 0 bridgehead atoms. The van der Waals surface area contributed by atoms with E-state index in [1.54, 1.807) is 0 Å². The van der Waals surface area contributed by atoms with Crippen LogP contribution in [0.1, 0.15) is 29.9 Å². The molecule has 1 aliphatic heterocycles. The fourth-order valence-electron chi connectivity index (χ4n) is 4.40. The number of carbonyl (C=O) groups excluding carboxylic acids is 1. The Morgan fingerprint density at radius 1 is 1.11 bits per heavy atom. The summed E-state index contributed by atoms with van der Waals surface area (Å²) in [5, 5.41) is 0.